The number of primary amides is 1. The third-order valence-electron chi connectivity index (χ3n) is 4.58. The smallest absolute Gasteiger partial charge is 0.289 e. The van der Waals surface area contributed by atoms with E-state index in [1.165, 1.54) is 6.26 Å². The zero-order chi connectivity index (χ0) is 19.9. The highest BCUT2D eigenvalue weighted by Crippen LogP contribution is 2.10. The summed E-state index contributed by atoms with van der Waals surface area (Å²) in [7, 11) is 0. The molecule has 1 aromatic heterocycles. The number of benzene rings is 1. The predicted octanol–water partition coefficient (Wildman–Crippen LogP) is 1.30. The van der Waals surface area contributed by atoms with Gasteiger partial charge in [0.1, 0.15) is 0 Å². The van der Waals surface area contributed by atoms with Crippen molar-refractivity contribution in [2.45, 2.75) is 13.5 Å². The van der Waals surface area contributed by atoms with Gasteiger partial charge in [0.15, 0.2) is 11.7 Å². The van der Waals surface area contributed by atoms with E-state index in [1.807, 2.05) is 19.1 Å². The van der Waals surface area contributed by atoms with Crippen LogP contribution in [0.4, 0.5) is 0 Å². The number of hydrogen-bond donors (Lipinski definition) is 2. The summed E-state index contributed by atoms with van der Waals surface area (Å²) in [6, 6.07) is 10.5. The lowest BCUT2D eigenvalue weighted by molar-refractivity contribution is 0.0657. The van der Waals surface area contributed by atoms with E-state index in [9.17, 15) is 9.59 Å². The molecule has 1 aliphatic rings. The van der Waals surface area contributed by atoms with Crippen LogP contribution in [-0.4, -0.2) is 60.3 Å². The number of piperazine rings is 1. The van der Waals surface area contributed by atoms with Gasteiger partial charge in [-0.2, -0.15) is 0 Å². The van der Waals surface area contributed by atoms with E-state index in [1.54, 1.807) is 29.2 Å². The standard InChI is InChI=1S/C20H25N5O3/c1-2-22-20(23-14-15-5-7-16(8-6-15)18(21)26)25-11-9-24(10-12-25)19(27)17-4-3-13-28-17/h3-8,13H,2,9-12,14H2,1H3,(H2,21,26)(H,22,23). The monoisotopic (exact) mass is 383 g/mol. The number of hydrogen-bond acceptors (Lipinski definition) is 4. The number of nitrogens with zero attached hydrogens (tertiary/aromatic N) is 3. The highest BCUT2D eigenvalue weighted by atomic mass is 16.3. The summed E-state index contributed by atoms with van der Waals surface area (Å²) >= 11 is 0. The Morgan fingerprint density at radius 1 is 1.11 bits per heavy atom. The molecule has 0 bridgehead atoms. The normalized spacial score (nSPS) is 14.8. The van der Waals surface area contributed by atoms with Crippen molar-refractivity contribution in [2.24, 2.45) is 10.7 Å². The Kier molecular flexibility index (Phi) is 6.31. The molecule has 2 aromatic rings. The van der Waals surface area contributed by atoms with Gasteiger partial charge in [0.2, 0.25) is 5.91 Å². The van der Waals surface area contributed by atoms with Gasteiger partial charge in [0, 0.05) is 38.3 Å². The molecule has 0 spiro atoms. The molecule has 1 aliphatic heterocycles. The molecule has 0 radical (unpaired) electrons. The second kappa shape index (κ2) is 9.07. The molecule has 1 saturated heterocycles. The van der Waals surface area contributed by atoms with Crippen LogP contribution in [-0.2, 0) is 6.54 Å². The molecule has 0 atom stereocenters. The lowest BCUT2D eigenvalue weighted by atomic mass is 10.1. The van der Waals surface area contributed by atoms with Gasteiger partial charge in [0.05, 0.1) is 12.8 Å². The third kappa shape index (κ3) is 4.70. The lowest BCUT2D eigenvalue weighted by Gasteiger charge is -2.36. The summed E-state index contributed by atoms with van der Waals surface area (Å²) in [5, 5.41) is 3.30. The van der Waals surface area contributed by atoms with Crippen molar-refractivity contribution in [1.29, 1.82) is 0 Å². The minimum Gasteiger partial charge on any atom is -0.459 e. The first-order valence-electron chi connectivity index (χ1n) is 9.33. The van der Waals surface area contributed by atoms with Crippen LogP contribution in [0.3, 0.4) is 0 Å². The molecule has 3 N–H and O–H groups in total. The van der Waals surface area contributed by atoms with Crippen LogP contribution in [0.2, 0.25) is 0 Å². The highest BCUT2D eigenvalue weighted by Gasteiger charge is 2.25. The number of aliphatic imine (C=N–C) groups is 1. The first-order valence-corrected chi connectivity index (χ1v) is 9.33. The molecule has 1 aromatic carbocycles. The van der Waals surface area contributed by atoms with E-state index in [-0.39, 0.29) is 5.91 Å². The number of carbonyl (C=O) groups excluding carboxylic acids is 2. The van der Waals surface area contributed by atoms with E-state index < -0.39 is 5.91 Å². The van der Waals surface area contributed by atoms with Crippen molar-refractivity contribution >= 4 is 17.8 Å². The molecule has 28 heavy (non-hydrogen) atoms. The van der Waals surface area contributed by atoms with E-state index in [4.69, 9.17) is 15.1 Å². The van der Waals surface area contributed by atoms with Crippen molar-refractivity contribution in [3.8, 4) is 0 Å². The maximum atomic E-state index is 12.4. The minimum atomic E-state index is -0.439. The van der Waals surface area contributed by atoms with Gasteiger partial charge >= 0.3 is 0 Å². The van der Waals surface area contributed by atoms with Gasteiger partial charge in [-0.1, -0.05) is 12.1 Å². The minimum absolute atomic E-state index is 0.0823. The lowest BCUT2D eigenvalue weighted by Crippen LogP contribution is -2.53. The largest absolute Gasteiger partial charge is 0.459 e. The third-order valence-corrected chi connectivity index (χ3v) is 4.58. The van der Waals surface area contributed by atoms with Crippen molar-refractivity contribution < 1.29 is 14.0 Å². The Balaban J connectivity index is 1.60. The molecule has 0 unspecified atom stereocenters. The fourth-order valence-electron chi connectivity index (χ4n) is 3.04. The molecule has 0 saturated carbocycles. The van der Waals surface area contributed by atoms with Crippen LogP contribution in [0.5, 0.6) is 0 Å². The first kappa shape index (κ1) is 19.5. The van der Waals surface area contributed by atoms with Crippen molar-refractivity contribution in [3.05, 3.63) is 59.5 Å². The molecule has 1 fully saturated rings. The van der Waals surface area contributed by atoms with Gasteiger partial charge in [-0.15, -0.1) is 0 Å². The molecule has 2 heterocycles. The molecular weight excluding hydrogens is 358 g/mol. The molecule has 148 valence electrons. The van der Waals surface area contributed by atoms with E-state index in [0.29, 0.717) is 44.0 Å². The Bertz CT molecular complexity index is 822. The van der Waals surface area contributed by atoms with Crippen LogP contribution in [0, 0.1) is 0 Å². The van der Waals surface area contributed by atoms with Gasteiger partial charge < -0.3 is 25.3 Å². The summed E-state index contributed by atoms with van der Waals surface area (Å²) in [5.41, 5.74) is 6.75. The van der Waals surface area contributed by atoms with E-state index in [0.717, 1.165) is 18.1 Å². The number of guanidine groups is 1. The maximum Gasteiger partial charge on any atom is 0.289 e. The van der Waals surface area contributed by atoms with Crippen LogP contribution in [0.1, 0.15) is 33.4 Å². The van der Waals surface area contributed by atoms with Gasteiger partial charge in [-0.05, 0) is 36.8 Å². The average molecular weight is 383 g/mol. The first-order chi connectivity index (χ1) is 13.6. The second-order valence-electron chi connectivity index (χ2n) is 6.49. The quantitative estimate of drug-likeness (QED) is 0.598. The number of furan rings is 1. The highest BCUT2D eigenvalue weighted by molar-refractivity contribution is 5.93. The summed E-state index contributed by atoms with van der Waals surface area (Å²) in [4.78, 5) is 32.2. The van der Waals surface area contributed by atoms with Crippen LogP contribution in [0.25, 0.3) is 0 Å². The van der Waals surface area contributed by atoms with E-state index in [2.05, 4.69) is 10.2 Å². The van der Waals surface area contributed by atoms with Crippen molar-refractivity contribution in [2.75, 3.05) is 32.7 Å². The van der Waals surface area contributed by atoms with Crippen LogP contribution >= 0.6 is 0 Å². The fraction of sp³-hybridized carbons (Fsp3) is 0.350. The number of amides is 2. The van der Waals surface area contributed by atoms with Crippen LogP contribution in [0.15, 0.2) is 52.1 Å². The van der Waals surface area contributed by atoms with Crippen molar-refractivity contribution in [1.82, 2.24) is 15.1 Å². The van der Waals surface area contributed by atoms with Crippen LogP contribution < -0.4 is 11.1 Å². The number of carbonyl (C=O) groups is 2. The second-order valence-corrected chi connectivity index (χ2v) is 6.49. The predicted molar refractivity (Wildman–Crippen MR) is 106 cm³/mol. The van der Waals surface area contributed by atoms with Gasteiger partial charge in [-0.25, -0.2) is 4.99 Å². The Labute approximate surface area is 164 Å². The van der Waals surface area contributed by atoms with Crippen molar-refractivity contribution in [3.63, 3.8) is 0 Å². The maximum absolute atomic E-state index is 12.4. The summed E-state index contributed by atoms with van der Waals surface area (Å²) in [5.74, 6) is 0.659. The Hall–Kier alpha value is -3.29. The molecule has 2 amide bonds. The molecule has 3 rings (SSSR count). The molecule has 8 heteroatoms. The summed E-state index contributed by atoms with van der Waals surface area (Å²) in [6.07, 6.45) is 1.51. The van der Waals surface area contributed by atoms with Gasteiger partial charge in [0.25, 0.3) is 5.91 Å². The number of nitrogens with two attached hydrogens (primary N) is 1. The topological polar surface area (TPSA) is 104 Å². The Morgan fingerprint density at radius 3 is 2.36 bits per heavy atom. The SMILES string of the molecule is CCNC(=NCc1ccc(C(N)=O)cc1)N1CCN(C(=O)c2ccco2)CC1. The zero-order valence-electron chi connectivity index (χ0n) is 15.9. The molecule has 0 aliphatic carbocycles. The Morgan fingerprint density at radius 2 is 1.79 bits per heavy atom. The summed E-state index contributed by atoms with van der Waals surface area (Å²) < 4.78 is 5.20. The summed E-state index contributed by atoms with van der Waals surface area (Å²) in [6.45, 7) is 5.87. The fourth-order valence-corrected chi connectivity index (χ4v) is 3.04. The molecular formula is C20H25N5O3. The zero-order valence-corrected chi connectivity index (χ0v) is 15.9. The number of nitrogens with one attached hydrogen (secondary N) is 1. The van der Waals surface area contributed by atoms with Gasteiger partial charge in [-0.3, -0.25) is 9.59 Å². The average Bonchev–Trinajstić information content (AvgIpc) is 3.26. The molecule has 8 nitrogen and oxygen atoms in total. The van der Waals surface area contributed by atoms with E-state index >= 15 is 0 Å². The number of rotatable bonds is 5.